The van der Waals surface area contributed by atoms with E-state index in [0.717, 1.165) is 18.8 Å². The number of rotatable bonds is 3. The number of carbonyl (C=O) groups is 1. The predicted octanol–water partition coefficient (Wildman–Crippen LogP) is 2.23. The number of halogens is 1. The van der Waals surface area contributed by atoms with E-state index in [1.165, 1.54) is 0 Å². The van der Waals surface area contributed by atoms with Gasteiger partial charge >= 0.3 is 0 Å². The number of benzene rings is 1. The van der Waals surface area contributed by atoms with Crippen molar-refractivity contribution in [3.8, 4) is 5.75 Å². The summed E-state index contributed by atoms with van der Waals surface area (Å²) in [5.41, 5.74) is 0.478. The molecule has 1 aromatic rings. The molecular formula is C11H11ClO3. The van der Waals surface area contributed by atoms with Gasteiger partial charge in [-0.05, 0) is 35.9 Å². The van der Waals surface area contributed by atoms with Crippen LogP contribution in [0.5, 0.6) is 5.75 Å². The van der Waals surface area contributed by atoms with Crippen LogP contribution in [0.4, 0.5) is 0 Å². The molecule has 0 saturated carbocycles. The van der Waals surface area contributed by atoms with Crippen molar-refractivity contribution in [2.45, 2.75) is 12.5 Å². The highest BCUT2D eigenvalue weighted by Crippen LogP contribution is 2.18. The third-order valence-corrected chi connectivity index (χ3v) is 2.49. The molecule has 4 heteroatoms. The Morgan fingerprint density at radius 1 is 1.40 bits per heavy atom. The van der Waals surface area contributed by atoms with Crippen molar-refractivity contribution in [2.75, 3.05) is 13.2 Å². The summed E-state index contributed by atoms with van der Waals surface area (Å²) in [5, 5.41) is -0.453. The molecule has 1 aliphatic rings. The van der Waals surface area contributed by atoms with E-state index in [-0.39, 0.29) is 6.10 Å². The van der Waals surface area contributed by atoms with E-state index in [4.69, 9.17) is 21.1 Å². The fourth-order valence-electron chi connectivity index (χ4n) is 1.46. The molecule has 1 aliphatic heterocycles. The van der Waals surface area contributed by atoms with Crippen molar-refractivity contribution in [3.63, 3.8) is 0 Å². The Bertz CT molecular complexity index is 341. The highest BCUT2D eigenvalue weighted by Gasteiger charge is 2.16. The van der Waals surface area contributed by atoms with Crippen molar-refractivity contribution >= 4 is 16.8 Å². The monoisotopic (exact) mass is 226 g/mol. The van der Waals surface area contributed by atoms with Gasteiger partial charge < -0.3 is 9.47 Å². The number of hydrogen-bond donors (Lipinski definition) is 0. The molecule has 1 saturated heterocycles. The van der Waals surface area contributed by atoms with Gasteiger partial charge in [0, 0.05) is 12.0 Å². The maximum absolute atomic E-state index is 10.8. The summed E-state index contributed by atoms with van der Waals surface area (Å²) >= 11 is 5.33. The van der Waals surface area contributed by atoms with Gasteiger partial charge in [0.1, 0.15) is 11.9 Å². The first-order valence-corrected chi connectivity index (χ1v) is 5.18. The smallest absolute Gasteiger partial charge is 0.252 e. The van der Waals surface area contributed by atoms with Gasteiger partial charge in [-0.15, -0.1) is 0 Å². The van der Waals surface area contributed by atoms with Gasteiger partial charge in [-0.3, -0.25) is 4.79 Å². The molecule has 15 heavy (non-hydrogen) atoms. The van der Waals surface area contributed by atoms with Crippen LogP contribution in [0.3, 0.4) is 0 Å². The molecule has 0 aromatic heterocycles. The zero-order valence-electron chi connectivity index (χ0n) is 8.11. The Balaban J connectivity index is 2.00. The average Bonchev–Trinajstić information content (AvgIpc) is 2.71. The van der Waals surface area contributed by atoms with Gasteiger partial charge in [0.15, 0.2) is 0 Å². The molecule has 0 aliphatic carbocycles. The van der Waals surface area contributed by atoms with Crippen molar-refractivity contribution in [2.24, 2.45) is 0 Å². The molecule has 80 valence electrons. The molecule has 0 radical (unpaired) electrons. The van der Waals surface area contributed by atoms with Crippen LogP contribution in [0.15, 0.2) is 24.3 Å². The SMILES string of the molecule is O=C(Cl)c1ccc(O[C@@H]2CCOC2)cc1. The van der Waals surface area contributed by atoms with E-state index in [1.807, 2.05) is 0 Å². The lowest BCUT2D eigenvalue weighted by molar-refractivity contribution is 0.108. The first kappa shape index (κ1) is 10.5. The molecule has 0 unspecified atom stereocenters. The van der Waals surface area contributed by atoms with Crippen LogP contribution in [0, 0.1) is 0 Å². The van der Waals surface area contributed by atoms with Gasteiger partial charge in [0.2, 0.25) is 0 Å². The van der Waals surface area contributed by atoms with E-state index in [2.05, 4.69) is 0 Å². The van der Waals surface area contributed by atoms with Crippen LogP contribution in [-0.4, -0.2) is 24.6 Å². The van der Waals surface area contributed by atoms with Gasteiger partial charge in [-0.25, -0.2) is 0 Å². The molecule has 1 heterocycles. The minimum Gasteiger partial charge on any atom is -0.488 e. The summed E-state index contributed by atoms with van der Waals surface area (Å²) in [6.45, 7) is 1.39. The average molecular weight is 227 g/mol. The lowest BCUT2D eigenvalue weighted by atomic mass is 10.2. The van der Waals surface area contributed by atoms with Gasteiger partial charge in [-0.1, -0.05) is 0 Å². The van der Waals surface area contributed by atoms with Crippen LogP contribution < -0.4 is 4.74 Å². The Hall–Kier alpha value is -1.06. The van der Waals surface area contributed by atoms with Crippen LogP contribution in [-0.2, 0) is 4.74 Å². The first-order chi connectivity index (χ1) is 7.25. The molecule has 1 fully saturated rings. The highest BCUT2D eigenvalue weighted by atomic mass is 35.5. The fourth-order valence-corrected chi connectivity index (χ4v) is 1.59. The van der Waals surface area contributed by atoms with Crippen LogP contribution >= 0.6 is 11.6 Å². The highest BCUT2D eigenvalue weighted by molar-refractivity contribution is 6.67. The summed E-state index contributed by atoms with van der Waals surface area (Å²) in [4.78, 5) is 10.8. The van der Waals surface area contributed by atoms with E-state index in [9.17, 15) is 4.79 Å². The van der Waals surface area contributed by atoms with Crippen molar-refractivity contribution in [1.29, 1.82) is 0 Å². The minimum absolute atomic E-state index is 0.127. The zero-order chi connectivity index (χ0) is 10.7. The fraction of sp³-hybridized carbons (Fsp3) is 0.364. The predicted molar refractivity (Wildman–Crippen MR) is 56.5 cm³/mol. The van der Waals surface area contributed by atoms with Crippen molar-refractivity contribution in [1.82, 2.24) is 0 Å². The Morgan fingerprint density at radius 3 is 2.67 bits per heavy atom. The standard InChI is InChI=1S/C11H11ClO3/c12-11(13)8-1-3-9(4-2-8)15-10-5-6-14-7-10/h1-4,10H,5-7H2/t10-/m1/s1. The summed E-state index contributed by atoms with van der Waals surface area (Å²) in [6.07, 6.45) is 1.04. The van der Waals surface area contributed by atoms with E-state index < -0.39 is 5.24 Å². The number of carbonyl (C=O) groups excluding carboxylic acids is 1. The zero-order valence-corrected chi connectivity index (χ0v) is 8.87. The molecule has 1 aromatic carbocycles. The lowest BCUT2D eigenvalue weighted by Crippen LogP contribution is -2.15. The van der Waals surface area contributed by atoms with Crippen LogP contribution in [0.25, 0.3) is 0 Å². The van der Waals surface area contributed by atoms with E-state index in [0.29, 0.717) is 12.2 Å². The van der Waals surface area contributed by atoms with Gasteiger partial charge in [-0.2, -0.15) is 0 Å². The molecule has 0 N–H and O–H groups in total. The largest absolute Gasteiger partial charge is 0.488 e. The summed E-state index contributed by atoms with van der Waals surface area (Å²) in [7, 11) is 0. The van der Waals surface area contributed by atoms with E-state index in [1.54, 1.807) is 24.3 Å². The Kier molecular flexibility index (Phi) is 3.23. The van der Waals surface area contributed by atoms with Crippen LogP contribution in [0.2, 0.25) is 0 Å². The summed E-state index contributed by atoms with van der Waals surface area (Å²) in [6, 6.07) is 6.79. The lowest BCUT2D eigenvalue weighted by Gasteiger charge is -2.11. The normalized spacial score (nSPS) is 20.2. The topological polar surface area (TPSA) is 35.5 Å². The quantitative estimate of drug-likeness (QED) is 0.742. The molecule has 1 atom stereocenters. The molecular weight excluding hydrogens is 216 g/mol. The number of hydrogen-bond acceptors (Lipinski definition) is 3. The van der Waals surface area contributed by atoms with Crippen LogP contribution in [0.1, 0.15) is 16.8 Å². The minimum atomic E-state index is -0.453. The third-order valence-electron chi connectivity index (χ3n) is 2.27. The summed E-state index contributed by atoms with van der Waals surface area (Å²) < 4.78 is 10.8. The van der Waals surface area contributed by atoms with E-state index >= 15 is 0 Å². The Morgan fingerprint density at radius 2 is 2.13 bits per heavy atom. The summed E-state index contributed by atoms with van der Waals surface area (Å²) in [5.74, 6) is 0.743. The molecule has 0 spiro atoms. The van der Waals surface area contributed by atoms with Gasteiger partial charge in [0.05, 0.1) is 13.2 Å². The van der Waals surface area contributed by atoms with Crippen molar-refractivity contribution < 1.29 is 14.3 Å². The second-order valence-corrected chi connectivity index (χ2v) is 3.74. The van der Waals surface area contributed by atoms with Crippen molar-refractivity contribution in [3.05, 3.63) is 29.8 Å². The second-order valence-electron chi connectivity index (χ2n) is 3.40. The molecule has 0 amide bonds. The molecule has 2 rings (SSSR count). The number of ether oxygens (including phenoxy) is 2. The maximum atomic E-state index is 10.8. The van der Waals surface area contributed by atoms with Gasteiger partial charge in [0.25, 0.3) is 5.24 Å². The Labute approximate surface area is 92.9 Å². The first-order valence-electron chi connectivity index (χ1n) is 4.80. The third kappa shape index (κ3) is 2.70. The molecule has 3 nitrogen and oxygen atoms in total. The molecule has 0 bridgehead atoms. The maximum Gasteiger partial charge on any atom is 0.252 e. The second kappa shape index (κ2) is 4.64.